The van der Waals surface area contributed by atoms with E-state index in [1.54, 1.807) is 0 Å². The number of esters is 1. The predicted molar refractivity (Wildman–Crippen MR) is 112 cm³/mol. The Morgan fingerprint density at radius 1 is 1.00 bits per heavy atom. The van der Waals surface area contributed by atoms with E-state index in [0.717, 1.165) is 22.4 Å². The Labute approximate surface area is 171 Å². The average Bonchev–Trinajstić information content (AvgIpc) is 2.67. The van der Waals surface area contributed by atoms with Crippen LogP contribution in [-0.4, -0.2) is 24.4 Å². The van der Waals surface area contributed by atoms with Crippen LogP contribution in [0.2, 0.25) is 0 Å². The molecular weight excluding hydrogens is 368 g/mol. The molecule has 154 valence electrons. The number of carbonyl (C=O) groups excluding carboxylic acids is 3. The minimum atomic E-state index is -0.559. The smallest absolute Gasteiger partial charge is 0.308 e. The number of anilines is 1. The van der Waals surface area contributed by atoms with Crippen LogP contribution in [0.1, 0.15) is 55.8 Å². The van der Waals surface area contributed by atoms with E-state index in [-0.39, 0.29) is 24.9 Å². The molecule has 2 N–H and O–H groups in total. The number of ether oxygens (including phenoxy) is 1. The average molecular weight is 396 g/mol. The molecule has 2 aromatic carbocycles. The van der Waals surface area contributed by atoms with Gasteiger partial charge >= 0.3 is 5.97 Å². The van der Waals surface area contributed by atoms with Crippen LogP contribution >= 0.6 is 0 Å². The molecule has 6 nitrogen and oxygen atoms in total. The molecule has 0 aromatic heterocycles. The van der Waals surface area contributed by atoms with Gasteiger partial charge in [-0.05, 0) is 29.5 Å². The first kappa shape index (κ1) is 22.1. The van der Waals surface area contributed by atoms with Gasteiger partial charge in [-0.2, -0.15) is 0 Å². The van der Waals surface area contributed by atoms with Crippen molar-refractivity contribution in [3.8, 4) is 0 Å². The second-order valence-electron chi connectivity index (χ2n) is 7.27. The van der Waals surface area contributed by atoms with Crippen LogP contribution < -0.4 is 10.6 Å². The van der Waals surface area contributed by atoms with Gasteiger partial charge in [-0.25, -0.2) is 0 Å². The van der Waals surface area contributed by atoms with E-state index in [2.05, 4.69) is 24.5 Å². The predicted octanol–water partition coefficient (Wildman–Crippen LogP) is 3.87. The Hall–Kier alpha value is -3.15. The monoisotopic (exact) mass is 396 g/mol. The highest BCUT2D eigenvalue weighted by Gasteiger charge is 2.19. The summed E-state index contributed by atoms with van der Waals surface area (Å²) in [6.45, 7) is 7.04. The van der Waals surface area contributed by atoms with Crippen molar-refractivity contribution in [2.45, 2.75) is 46.1 Å². The number of carbonyl (C=O) groups is 3. The SMILES string of the molecule is CC(=O)N[C@@H](CC(=O)OCC(=O)Nc1c(C)cccc1C(C)C)c1ccccc1. The third-order valence-electron chi connectivity index (χ3n) is 4.51. The van der Waals surface area contributed by atoms with E-state index in [0.29, 0.717) is 0 Å². The maximum atomic E-state index is 12.3. The van der Waals surface area contributed by atoms with Crippen molar-refractivity contribution in [1.82, 2.24) is 5.32 Å². The van der Waals surface area contributed by atoms with Gasteiger partial charge in [0.05, 0.1) is 12.5 Å². The molecular formula is C23H28N2O4. The third kappa shape index (κ3) is 6.75. The highest BCUT2D eigenvalue weighted by molar-refractivity contribution is 5.94. The number of hydrogen-bond donors (Lipinski definition) is 2. The number of nitrogens with one attached hydrogen (secondary N) is 2. The molecule has 2 amide bonds. The van der Waals surface area contributed by atoms with Crippen molar-refractivity contribution < 1.29 is 19.1 Å². The van der Waals surface area contributed by atoms with Crippen molar-refractivity contribution in [3.05, 3.63) is 65.2 Å². The summed E-state index contributed by atoms with van der Waals surface area (Å²) in [6.07, 6.45) is -0.0571. The Bertz CT molecular complexity index is 862. The fraction of sp³-hybridized carbons (Fsp3) is 0.348. The molecule has 0 radical (unpaired) electrons. The van der Waals surface area contributed by atoms with Gasteiger partial charge in [0.2, 0.25) is 5.91 Å². The summed E-state index contributed by atoms with van der Waals surface area (Å²) in [6, 6.07) is 14.5. The van der Waals surface area contributed by atoms with Gasteiger partial charge in [0.15, 0.2) is 6.61 Å². The van der Waals surface area contributed by atoms with Gasteiger partial charge < -0.3 is 15.4 Å². The summed E-state index contributed by atoms with van der Waals surface area (Å²) in [5.74, 6) is -0.954. The highest BCUT2D eigenvalue weighted by atomic mass is 16.5. The summed E-state index contributed by atoms with van der Waals surface area (Å²) in [7, 11) is 0. The maximum absolute atomic E-state index is 12.3. The van der Waals surface area contributed by atoms with Gasteiger partial charge in [-0.15, -0.1) is 0 Å². The molecule has 0 spiro atoms. The zero-order valence-electron chi connectivity index (χ0n) is 17.3. The molecule has 2 aromatic rings. The quantitative estimate of drug-likeness (QED) is 0.664. The van der Waals surface area contributed by atoms with Crippen molar-refractivity contribution in [1.29, 1.82) is 0 Å². The summed E-state index contributed by atoms with van der Waals surface area (Å²) in [5, 5.41) is 5.59. The summed E-state index contributed by atoms with van der Waals surface area (Å²) < 4.78 is 5.15. The molecule has 0 unspecified atom stereocenters. The van der Waals surface area contributed by atoms with Gasteiger partial charge in [-0.3, -0.25) is 14.4 Å². The third-order valence-corrected chi connectivity index (χ3v) is 4.51. The van der Waals surface area contributed by atoms with Gasteiger partial charge in [-0.1, -0.05) is 62.4 Å². The Morgan fingerprint density at radius 2 is 1.69 bits per heavy atom. The molecule has 0 saturated carbocycles. The van der Waals surface area contributed by atoms with Crippen LogP contribution in [0.25, 0.3) is 0 Å². The molecule has 0 fully saturated rings. The lowest BCUT2D eigenvalue weighted by Crippen LogP contribution is -2.29. The minimum Gasteiger partial charge on any atom is -0.455 e. The number of aryl methyl sites for hydroxylation is 1. The first-order chi connectivity index (χ1) is 13.8. The fourth-order valence-electron chi connectivity index (χ4n) is 3.07. The summed E-state index contributed by atoms with van der Waals surface area (Å²) in [4.78, 5) is 36.0. The van der Waals surface area contributed by atoms with E-state index in [4.69, 9.17) is 4.74 Å². The van der Waals surface area contributed by atoms with Crippen LogP contribution in [0.5, 0.6) is 0 Å². The van der Waals surface area contributed by atoms with Crippen molar-refractivity contribution in [2.75, 3.05) is 11.9 Å². The molecule has 1 atom stereocenters. The Balaban J connectivity index is 1.96. The van der Waals surface area contributed by atoms with Crippen molar-refractivity contribution in [3.63, 3.8) is 0 Å². The molecule has 0 saturated heterocycles. The molecule has 0 aliphatic heterocycles. The van der Waals surface area contributed by atoms with Gasteiger partial charge in [0.25, 0.3) is 5.91 Å². The van der Waals surface area contributed by atoms with E-state index >= 15 is 0 Å². The van der Waals surface area contributed by atoms with Crippen molar-refractivity contribution >= 4 is 23.5 Å². The lowest BCUT2D eigenvalue weighted by atomic mass is 9.98. The number of rotatable bonds is 8. The van der Waals surface area contributed by atoms with E-state index < -0.39 is 17.9 Å². The number of para-hydroxylation sites is 1. The van der Waals surface area contributed by atoms with E-state index in [1.807, 2.05) is 55.5 Å². The topological polar surface area (TPSA) is 84.5 Å². The first-order valence-corrected chi connectivity index (χ1v) is 9.65. The van der Waals surface area contributed by atoms with Gasteiger partial charge in [0, 0.05) is 12.6 Å². The van der Waals surface area contributed by atoms with Gasteiger partial charge in [0.1, 0.15) is 0 Å². The number of hydrogen-bond acceptors (Lipinski definition) is 4. The first-order valence-electron chi connectivity index (χ1n) is 9.65. The normalized spacial score (nSPS) is 11.6. The Kier molecular flexibility index (Phi) is 7.95. The lowest BCUT2D eigenvalue weighted by Gasteiger charge is -2.18. The van der Waals surface area contributed by atoms with Crippen LogP contribution in [-0.2, 0) is 19.1 Å². The molecule has 0 bridgehead atoms. The molecule has 0 aliphatic carbocycles. The summed E-state index contributed by atoms with van der Waals surface area (Å²) in [5.41, 5.74) is 3.53. The zero-order chi connectivity index (χ0) is 21.4. The second-order valence-corrected chi connectivity index (χ2v) is 7.27. The van der Waals surface area contributed by atoms with Crippen LogP contribution in [0.4, 0.5) is 5.69 Å². The van der Waals surface area contributed by atoms with E-state index in [1.165, 1.54) is 6.92 Å². The zero-order valence-corrected chi connectivity index (χ0v) is 17.3. The van der Waals surface area contributed by atoms with Crippen LogP contribution in [0, 0.1) is 6.92 Å². The molecule has 2 rings (SSSR count). The molecule has 6 heteroatoms. The lowest BCUT2D eigenvalue weighted by molar-refractivity contribution is -0.148. The maximum Gasteiger partial charge on any atom is 0.308 e. The van der Waals surface area contributed by atoms with Crippen LogP contribution in [0.3, 0.4) is 0 Å². The van der Waals surface area contributed by atoms with Crippen molar-refractivity contribution in [2.24, 2.45) is 0 Å². The minimum absolute atomic E-state index is 0.0571. The second kappa shape index (κ2) is 10.4. The summed E-state index contributed by atoms with van der Waals surface area (Å²) >= 11 is 0. The molecule has 0 aliphatic rings. The fourth-order valence-corrected chi connectivity index (χ4v) is 3.07. The number of amides is 2. The highest BCUT2D eigenvalue weighted by Crippen LogP contribution is 2.27. The number of benzene rings is 2. The molecule has 29 heavy (non-hydrogen) atoms. The standard InChI is InChI=1S/C23H28N2O4/c1-15(2)19-12-8-9-16(3)23(19)25-21(27)14-29-22(28)13-20(24-17(4)26)18-10-6-5-7-11-18/h5-12,15,20H,13-14H2,1-4H3,(H,24,26)(H,25,27)/t20-/m0/s1. The van der Waals surface area contributed by atoms with Crippen LogP contribution in [0.15, 0.2) is 48.5 Å². The largest absolute Gasteiger partial charge is 0.455 e. The van der Waals surface area contributed by atoms with E-state index in [9.17, 15) is 14.4 Å². The Morgan fingerprint density at radius 3 is 2.31 bits per heavy atom. The molecule has 0 heterocycles.